The van der Waals surface area contributed by atoms with E-state index in [1.165, 1.54) is 11.1 Å². The number of aliphatic hydroxyl groups is 2. The van der Waals surface area contributed by atoms with Gasteiger partial charge in [0.15, 0.2) is 0 Å². The molecule has 0 bridgehead atoms. The Bertz CT molecular complexity index is 489. The molecule has 2 rings (SSSR count). The first-order valence-corrected chi connectivity index (χ1v) is 6.61. The molecule has 1 atom stereocenters. The molecule has 19 heavy (non-hydrogen) atoms. The van der Waals surface area contributed by atoms with Crippen molar-refractivity contribution in [3.63, 3.8) is 0 Å². The second kappa shape index (κ2) is 5.11. The number of likely N-dealkylation sites (tertiary alicyclic amines) is 1. The maximum Gasteiger partial charge on any atom is 0.258 e. The van der Waals surface area contributed by atoms with Gasteiger partial charge in [0.2, 0.25) is 0 Å². The van der Waals surface area contributed by atoms with Crippen LogP contribution in [0.2, 0.25) is 5.15 Å². The van der Waals surface area contributed by atoms with Crippen LogP contribution < -0.4 is 0 Å². The van der Waals surface area contributed by atoms with Gasteiger partial charge in [-0.15, -0.1) is 0 Å². The lowest BCUT2D eigenvalue weighted by atomic mass is 10.1. The summed E-state index contributed by atoms with van der Waals surface area (Å²) in [6.07, 6.45) is 1.81. The van der Waals surface area contributed by atoms with Crippen molar-refractivity contribution in [1.29, 1.82) is 0 Å². The third kappa shape index (κ3) is 2.61. The number of nitrogens with zero attached hydrogens (tertiary/aromatic N) is 3. The number of carbonyl (C=O) groups is 1. The maximum atomic E-state index is 12.3. The number of carbonyl (C=O) groups excluding carboxylic acids is 1. The SMILES string of the molecule is CC(C)n1ncc(C(=O)N2CCC(O)(CO)C2)c1Cl. The average Bonchev–Trinajstić information content (AvgIpc) is 2.93. The van der Waals surface area contributed by atoms with Crippen molar-refractivity contribution in [2.75, 3.05) is 19.7 Å². The minimum absolute atomic E-state index is 0.0713. The molecule has 1 aromatic rings. The highest BCUT2D eigenvalue weighted by Crippen LogP contribution is 2.26. The van der Waals surface area contributed by atoms with Crippen molar-refractivity contribution in [2.24, 2.45) is 0 Å². The lowest BCUT2D eigenvalue weighted by Crippen LogP contribution is -2.38. The normalized spacial score (nSPS) is 23.4. The van der Waals surface area contributed by atoms with Crippen LogP contribution in [0.4, 0.5) is 0 Å². The number of β-amino-alcohol motifs (C(OH)–C–C–N with tert-alkyl or cyclic N) is 1. The molecule has 1 aliphatic rings. The zero-order valence-corrected chi connectivity index (χ0v) is 11.8. The Morgan fingerprint density at radius 3 is 2.79 bits per heavy atom. The van der Waals surface area contributed by atoms with Crippen molar-refractivity contribution < 1.29 is 15.0 Å². The Labute approximate surface area is 116 Å². The molecule has 7 heteroatoms. The molecule has 1 aromatic heterocycles. The van der Waals surface area contributed by atoms with E-state index in [0.29, 0.717) is 23.7 Å². The minimum Gasteiger partial charge on any atom is -0.393 e. The second-order valence-corrected chi connectivity index (χ2v) is 5.60. The van der Waals surface area contributed by atoms with Gasteiger partial charge < -0.3 is 15.1 Å². The zero-order chi connectivity index (χ0) is 14.2. The molecule has 0 spiro atoms. The summed E-state index contributed by atoms with van der Waals surface area (Å²) < 4.78 is 1.57. The maximum absolute atomic E-state index is 12.3. The molecule has 1 fully saturated rings. The Balaban J connectivity index is 2.18. The van der Waals surface area contributed by atoms with Gasteiger partial charge in [0.05, 0.1) is 24.9 Å². The molecular formula is C12H18ClN3O3. The smallest absolute Gasteiger partial charge is 0.258 e. The van der Waals surface area contributed by atoms with Crippen LogP contribution in [0.1, 0.15) is 36.7 Å². The Morgan fingerprint density at radius 1 is 1.63 bits per heavy atom. The summed E-state index contributed by atoms with van der Waals surface area (Å²) in [6, 6.07) is 0.0713. The van der Waals surface area contributed by atoms with Crippen LogP contribution in [-0.2, 0) is 0 Å². The number of halogens is 1. The second-order valence-electron chi connectivity index (χ2n) is 5.25. The van der Waals surface area contributed by atoms with Crippen LogP contribution in [0.5, 0.6) is 0 Å². The van der Waals surface area contributed by atoms with Crippen LogP contribution in [0.15, 0.2) is 6.20 Å². The van der Waals surface area contributed by atoms with Crippen LogP contribution in [-0.4, -0.2) is 56.1 Å². The van der Waals surface area contributed by atoms with E-state index in [1.807, 2.05) is 13.8 Å². The number of amides is 1. The van der Waals surface area contributed by atoms with E-state index in [4.69, 9.17) is 16.7 Å². The molecule has 1 saturated heterocycles. The van der Waals surface area contributed by atoms with E-state index in [0.717, 1.165) is 0 Å². The van der Waals surface area contributed by atoms with Gasteiger partial charge in [0.25, 0.3) is 5.91 Å². The van der Waals surface area contributed by atoms with E-state index >= 15 is 0 Å². The summed E-state index contributed by atoms with van der Waals surface area (Å²) in [5, 5.41) is 23.4. The number of aliphatic hydroxyl groups excluding tert-OH is 1. The van der Waals surface area contributed by atoms with E-state index < -0.39 is 5.60 Å². The number of rotatable bonds is 3. The van der Waals surface area contributed by atoms with E-state index in [9.17, 15) is 9.90 Å². The van der Waals surface area contributed by atoms with Gasteiger partial charge in [-0.3, -0.25) is 9.48 Å². The van der Waals surface area contributed by atoms with Crippen molar-refractivity contribution in [3.05, 3.63) is 16.9 Å². The quantitative estimate of drug-likeness (QED) is 0.857. The lowest BCUT2D eigenvalue weighted by Gasteiger charge is -2.20. The standard InChI is InChI=1S/C12H18ClN3O3/c1-8(2)16-10(13)9(5-14-16)11(18)15-4-3-12(19,6-15)7-17/h5,8,17,19H,3-4,6-7H2,1-2H3. The predicted molar refractivity (Wildman–Crippen MR) is 70.2 cm³/mol. The fourth-order valence-electron chi connectivity index (χ4n) is 2.18. The molecule has 0 aromatic carbocycles. The molecule has 0 saturated carbocycles. The van der Waals surface area contributed by atoms with E-state index in [-0.39, 0.29) is 25.1 Å². The predicted octanol–water partition coefficient (Wildman–Crippen LogP) is 0.687. The van der Waals surface area contributed by atoms with Crippen LogP contribution in [0.3, 0.4) is 0 Å². The van der Waals surface area contributed by atoms with Gasteiger partial charge in [-0.1, -0.05) is 11.6 Å². The summed E-state index contributed by atoms with van der Waals surface area (Å²) in [5.74, 6) is -0.263. The summed E-state index contributed by atoms with van der Waals surface area (Å²) in [6.45, 7) is 4.02. The fourth-order valence-corrected chi connectivity index (χ4v) is 2.55. The van der Waals surface area contributed by atoms with Gasteiger partial charge >= 0.3 is 0 Å². The Kier molecular flexibility index (Phi) is 3.85. The first kappa shape index (κ1) is 14.3. The lowest BCUT2D eigenvalue weighted by molar-refractivity contribution is -0.00455. The molecule has 1 amide bonds. The highest BCUT2D eigenvalue weighted by Gasteiger charge is 2.38. The third-order valence-corrected chi connectivity index (χ3v) is 3.74. The molecule has 2 heterocycles. The topological polar surface area (TPSA) is 78.6 Å². The largest absolute Gasteiger partial charge is 0.393 e. The highest BCUT2D eigenvalue weighted by atomic mass is 35.5. The Morgan fingerprint density at radius 2 is 2.32 bits per heavy atom. The van der Waals surface area contributed by atoms with Gasteiger partial charge in [0, 0.05) is 12.6 Å². The van der Waals surface area contributed by atoms with Crippen LogP contribution >= 0.6 is 11.6 Å². The molecular weight excluding hydrogens is 270 g/mol. The molecule has 1 aliphatic heterocycles. The van der Waals surface area contributed by atoms with Gasteiger partial charge in [0.1, 0.15) is 10.8 Å². The van der Waals surface area contributed by atoms with Crippen molar-refractivity contribution in [3.8, 4) is 0 Å². The summed E-state index contributed by atoms with van der Waals surface area (Å²) in [7, 11) is 0. The fraction of sp³-hybridized carbons (Fsp3) is 0.667. The Hall–Kier alpha value is -1.11. The van der Waals surface area contributed by atoms with Gasteiger partial charge in [-0.25, -0.2) is 0 Å². The third-order valence-electron chi connectivity index (χ3n) is 3.37. The monoisotopic (exact) mass is 287 g/mol. The zero-order valence-electron chi connectivity index (χ0n) is 11.0. The van der Waals surface area contributed by atoms with Crippen molar-refractivity contribution in [2.45, 2.75) is 31.9 Å². The number of hydrogen-bond acceptors (Lipinski definition) is 4. The molecule has 2 N–H and O–H groups in total. The molecule has 6 nitrogen and oxygen atoms in total. The molecule has 1 unspecified atom stereocenters. The molecule has 0 radical (unpaired) electrons. The summed E-state index contributed by atoms with van der Waals surface area (Å²) >= 11 is 6.14. The van der Waals surface area contributed by atoms with Crippen molar-refractivity contribution >= 4 is 17.5 Å². The number of hydrogen-bond donors (Lipinski definition) is 2. The van der Waals surface area contributed by atoms with Gasteiger partial charge in [-0.05, 0) is 20.3 Å². The average molecular weight is 288 g/mol. The molecule has 106 valence electrons. The molecule has 0 aliphatic carbocycles. The number of aromatic nitrogens is 2. The van der Waals surface area contributed by atoms with E-state index in [2.05, 4.69) is 5.10 Å². The van der Waals surface area contributed by atoms with Crippen molar-refractivity contribution in [1.82, 2.24) is 14.7 Å². The van der Waals surface area contributed by atoms with Crippen LogP contribution in [0.25, 0.3) is 0 Å². The first-order valence-electron chi connectivity index (χ1n) is 6.23. The highest BCUT2D eigenvalue weighted by molar-refractivity contribution is 6.32. The summed E-state index contributed by atoms with van der Waals surface area (Å²) in [4.78, 5) is 13.8. The first-order chi connectivity index (χ1) is 8.88. The minimum atomic E-state index is -1.20. The van der Waals surface area contributed by atoms with E-state index in [1.54, 1.807) is 4.68 Å². The summed E-state index contributed by atoms with van der Waals surface area (Å²) in [5.41, 5.74) is -0.867. The van der Waals surface area contributed by atoms with Crippen LogP contribution in [0, 0.1) is 0 Å². The van der Waals surface area contributed by atoms with Gasteiger partial charge in [-0.2, -0.15) is 5.10 Å².